The smallest absolute Gasteiger partial charge is 0.197 e. The van der Waals surface area contributed by atoms with Crippen LogP contribution in [0.3, 0.4) is 0 Å². The Labute approximate surface area is 84.3 Å². The van der Waals surface area contributed by atoms with E-state index in [1.165, 1.54) is 13.8 Å². The summed E-state index contributed by atoms with van der Waals surface area (Å²) in [5, 5.41) is 9.34. The van der Waals surface area contributed by atoms with E-state index in [1.807, 2.05) is 0 Å². The summed E-state index contributed by atoms with van der Waals surface area (Å²) in [6.45, 7) is 2.71. The molecule has 1 rings (SSSR count). The summed E-state index contributed by atoms with van der Waals surface area (Å²) in [6.07, 6.45) is -0.299. The molecule has 0 spiro atoms. The van der Waals surface area contributed by atoms with Gasteiger partial charge in [0, 0.05) is 6.42 Å². The molecule has 0 aliphatic heterocycles. The second-order valence-corrected chi connectivity index (χ2v) is 3.95. The van der Waals surface area contributed by atoms with E-state index in [4.69, 9.17) is 0 Å². The fourth-order valence-electron chi connectivity index (χ4n) is 1.22. The first-order valence-electron chi connectivity index (χ1n) is 4.26. The molecule has 0 amide bonds. The molecule has 15 heavy (non-hydrogen) atoms. The molecule has 1 aromatic rings. The summed E-state index contributed by atoms with van der Waals surface area (Å²) in [5.41, 5.74) is -1.71. The molecule has 0 radical (unpaired) electrons. The van der Waals surface area contributed by atoms with Crippen molar-refractivity contribution in [3.63, 3.8) is 0 Å². The topological polar surface area (TPSA) is 20.2 Å². The Morgan fingerprint density at radius 2 is 1.60 bits per heavy atom. The van der Waals surface area contributed by atoms with Gasteiger partial charge in [0.25, 0.3) is 0 Å². The molecule has 0 saturated heterocycles. The molecule has 0 bridgehead atoms. The predicted octanol–water partition coefficient (Wildman–Crippen LogP) is 2.56. The number of hydrogen-bond acceptors (Lipinski definition) is 1. The van der Waals surface area contributed by atoms with Gasteiger partial charge in [-0.1, -0.05) is 0 Å². The maximum Gasteiger partial charge on any atom is 0.197 e. The highest BCUT2D eigenvalue weighted by Crippen LogP contribution is 2.22. The van der Waals surface area contributed by atoms with Crippen LogP contribution in [0.25, 0.3) is 0 Å². The normalized spacial score (nSPS) is 11.9. The summed E-state index contributed by atoms with van der Waals surface area (Å²) in [4.78, 5) is 0. The van der Waals surface area contributed by atoms with E-state index >= 15 is 0 Å². The van der Waals surface area contributed by atoms with Gasteiger partial charge in [-0.3, -0.25) is 0 Å². The lowest BCUT2D eigenvalue weighted by Gasteiger charge is -2.17. The lowest BCUT2D eigenvalue weighted by atomic mass is 9.98. The molecule has 0 atom stereocenters. The van der Waals surface area contributed by atoms with Gasteiger partial charge in [-0.05, 0) is 25.5 Å². The van der Waals surface area contributed by atoms with E-state index < -0.39 is 28.9 Å². The number of hydrogen-bond donors (Lipinski definition) is 1. The monoisotopic (exact) mass is 222 g/mol. The van der Waals surface area contributed by atoms with Gasteiger partial charge in [0.05, 0.1) is 5.60 Å². The van der Waals surface area contributed by atoms with Crippen LogP contribution in [0.4, 0.5) is 17.6 Å². The zero-order valence-corrected chi connectivity index (χ0v) is 8.24. The number of rotatable bonds is 2. The lowest BCUT2D eigenvalue weighted by molar-refractivity contribution is 0.0796. The minimum Gasteiger partial charge on any atom is -0.390 e. The van der Waals surface area contributed by atoms with Gasteiger partial charge >= 0.3 is 0 Å². The van der Waals surface area contributed by atoms with Gasteiger partial charge in [0.2, 0.25) is 0 Å². The first-order chi connectivity index (χ1) is 6.72. The summed E-state index contributed by atoms with van der Waals surface area (Å²) in [5.74, 6) is -6.62. The van der Waals surface area contributed by atoms with E-state index in [2.05, 4.69) is 0 Å². The molecule has 0 aromatic heterocycles. The highest BCUT2D eigenvalue weighted by atomic mass is 19.2. The molecule has 1 N–H and O–H groups in total. The zero-order valence-electron chi connectivity index (χ0n) is 8.24. The van der Waals surface area contributed by atoms with Crippen LogP contribution in [-0.2, 0) is 6.42 Å². The van der Waals surface area contributed by atoms with Crippen LogP contribution in [0.1, 0.15) is 19.4 Å². The highest BCUT2D eigenvalue weighted by Gasteiger charge is 2.23. The fourth-order valence-corrected chi connectivity index (χ4v) is 1.22. The van der Waals surface area contributed by atoms with Crippen LogP contribution in [0.15, 0.2) is 6.07 Å². The SMILES string of the molecule is CC(C)(O)Cc1cc(F)c(F)c(F)c1F. The van der Waals surface area contributed by atoms with Crippen molar-refractivity contribution < 1.29 is 22.7 Å². The summed E-state index contributed by atoms with van der Waals surface area (Å²) < 4.78 is 51.1. The van der Waals surface area contributed by atoms with Crippen molar-refractivity contribution in [1.29, 1.82) is 0 Å². The number of benzene rings is 1. The molecule has 84 valence electrons. The first-order valence-corrected chi connectivity index (χ1v) is 4.26. The zero-order chi connectivity index (χ0) is 11.8. The molecule has 0 fully saturated rings. The largest absolute Gasteiger partial charge is 0.390 e. The number of aliphatic hydroxyl groups is 1. The maximum atomic E-state index is 13.1. The van der Waals surface area contributed by atoms with Gasteiger partial charge in [-0.2, -0.15) is 0 Å². The van der Waals surface area contributed by atoms with Crippen molar-refractivity contribution in [2.75, 3.05) is 0 Å². The average molecular weight is 222 g/mol. The Bertz CT molecular complexity index is 382. The number of halogens is 4. The fraction of sp³-hybridized carbons (Fsp3) is 0.400. The lowest BCUT2D eigenvalue weighted by Crippen LogP contribution is -2.23. The molecule has 1 aromatic carbocycles. The Hall–Kier alpha value is -1.10. The Morgan fingerprint density at radius 3 is 2.07 bits per heavy atom. The van der Waals surface area contributed by atoms with Crippen molar-refractivity contribution in [3.8, 4) is 0 Å². The highest BCUT2D eigenvalue weighted by molar-refractivity contribution is 5.23. The molecule has 0 saturated carbocycles. The summed E-state index contributed by atoms with van der Waals surface area (Å²) in [6, 6.07) is 0.547. The first kappa shape index (κ1) is 12.0. The third-order valence-electron chi connectivity index (χ3n) is 1.80. The van der Waals surface area contributed by atoms with Gasteiger partial charge in [0.1, 0.15) is 0 Å². The maximum absolute atomic E-state index is 13.1. The van der Waals surface area contributed by atoms with E-state index in [1.54, 1.807) is 0 Å². The molecule has 1 nitrogen and oxygen atoms in total. The summed E-state index contributed by atoms with van der Waals surface area (Å²) >= 11 is 0. The second-order valence-electron chi connectivity index (χ2n) is 3.95. The standard InChI is InChI=1S/C10H10F4O/c1-10(2,15)4-5-3-6(11)8(13)9(14)7(5)12/h3,15H,4H2,1-2H3. The molecule has 0 aliphatic rings. The van der Waals surface area contributed by atoms with Gasteiger partial charge in [-0.15, -0.1) is 0 Å². The van der Waals surface area contributed by atoms with Crippen molar-refractivity contribution >= 4 is 0 Å². The van der Waals surface area contributed by atoms with Crippen LogP contribution < -0.4 is 0 Å². The second kappa shape index (κ2) is 3.81. The Morgan fingerprint density at radius 1 is 1.07 bits per heavy atom. The molecule has 0 aliphatic carbocycles. The molecular weight excluding hydrogens is 212 g/mol. The van der Waals surface area contributed by atoms with Crippen molar-refractivity contribution in [1.82, 2.24) is 0 Å². The van der Waals surface area contributed by atoms with Crippen molar-refractivity contribution in [2.24, 2.45) is 0 Å². The van der Waals surface area contributed by atoms with Crippen LogP contribution in [-0.4, -0.2) is 10.7 Å². The van der Waals surface area contributed by atoms with E-state index in [9.17, 15) is 22.7 Å². The van der Waals surface area contributed by atoms with Crippen molar-refractivity contribution in [2.45, 2.75) is 25.9 Å². The van der Waals surface area contributed by atoms with Crippen LogP contribution >= 0.6 is 0 Å². The van der Waals surface area contributed by atoms with Gasteiger partial charge in [-0.25, -0.2) is 17.6 Å². The molecule has 5 heteroatoms. The minimum absolute atomic E-state index is 0.299. The third kappa shape index (κ3) is 2.68. The summed E-state index contributed by atoms with van der Waals surface area (Å²) in [7, 11) is 0. The average Bonchev–Trinajstić information content (AvgIpc) is 2.08. The minimum atomic E-state index is -1.85. The molecule has 0 unspecified atom stereocenters. The molecule has 0 heterocycles. The Balaban J connectivity index is 3.21. The van der Waals surface area contributed by atoms with Crippen LogP contribution in [0.5, 0.6) is 0 Å². The van der Waals surface area contributed by atoms with E-state index in [-0.39, 0.29) is 12.0 Å². The third-order valence-corrected chi connectivity index (χ3v) is 1.80. The van der Waals surface area contributed by atoms with Gasteiger partial charge in [0.15, 0.2) is 23.3 Å². The Kier molecular flexibility index (Phi) is 3.04. The van der Waals surface area contributed by atoms with E-state index in [0.717, 1.165) is 0 Å². The van der Waals surface area contributed by atoms with Gasteiger partial charge < -0.3 is 5.11 Å². The quantitative estimate of drug-likeness (QED) is 0.463. The molecular formula is C10H10F4O. The predicted molar refractivity (Wildman–Crippen MR) is 46.3 cm³/mol. The van der Waals surface area contributed by atoms with Crippen LogP contribution in [0.2, 0.25) is 0 Å². The van der Waals surface area contributed by atoms with Crippen LogP contribution in [0, 0.1) is 23.3 Å². The van der Waals surface area contributed by atoms with E-state index in [0.29, 0.717) is 6.07 Å². The van der Waals surface area contributed by atoms with Crippen molar-refractivity contribution in [3.05, 3.63) is 34.9 Å².